The van der Waals surface area contributed by atoms with E-state index in [1.54, 1.807) is 4.90 Å². The van der Waals surface area contributed by atoms with Crippen LogP contribution in [-0.2, 0) is 9.59 Å². The van der Waals surface area contributed by atoms with Crippen molar-refractivity contribution in [1.29, 1.82) is 0 Å². The smallest absolute Gasteiger partial charge is 0.270 e. The van der Waals surface area contributed by atoms with Gasteiger partial charge in [0.05, 0.1) is 6.54 Å². The highest BCUT2D eigenvalue weighted by molar-refractivity contribution is 6.39. The minimum atomic E-state index is -0.138. The van der Waals surface area contributed by atoms with Gasteiger partial charge in [-0.1, -0.05) is 18.2 Å². The molecule has 0 aliphatic carbocycles. The number of hydrazone groups is 1. The predicted octanol–water partition coefficient (Wildman–Crippen LogP) is 1.32. The monoisotopic (exact) mass is 301 g/mol. The zero-order valence-corrected chi connectivity index (χ0v) is 12.3. The van der Waals surface area contributed by atoms with Crippen molar-refractivity contribution in [3.63, 3.8) is 0 Å². The number of nitrogens with one attached hydrogen (secondary N) is 1. The molecule has 0 spiro atoms. The van der Waals surface area contributed by atoms with E-state index >= 15 is 0 Å². The van der Waals surface area contributed by atoms with Gasteiger partial charge in [-0.25, -0.2) is 5.43 Å². The molecule has 116 valence electrons. The van der Waals surface area contributed by atoms with Crippen LogP contribution >= 0.6 is 0 Å². The standard InChI is InChI=1S/C16H19N3O3/c20-15-9-8-14(17-18-15)16(21)19-10-4-7-13(11-19)22-12-5-2-1-3-6-12/h1-3,5-6,13H,4,7-11H2,(H,18,20). The number of nitrogens with zero attached hydrogens (tertiary/aromatic N) is 2. The molecule has 1 fully saturated rings. The molecule has 0 radical (unpaired) electrons. The highest BCUT2D eigenvalue weighted by Gasteiger charge is 2.29. The lowest BCUT2D eigenvalue weighted by atomic mass is 10.1. The highest BCUT2D eigenvalue weighted by atomic mass is 16.5. The van der Waals surface area contributed by atoms with Crippen LogP contribution in [0.25, 0.3) is 0 Å². The Balaban J connectivity index is 1.60. The molecule has 1 N–H and O–H groups in total. The summed E-state index contributed by atoms with van der Waals surface area (Å²) in [6.45, 7) is 1.27. The van der Waals surface area contributed by atoms with Gasteiger partial charge in [0.2, 0.25) is 5.91 Å². The Morgan fingerprint density at radius 1 is 1.27 bits per heavy atom. The second-order valence-corrected chi connectivity index (χ2v) is 5.54. The van der Waals surface area contributed by atoms with Gasteiger partial charge in [0, 0.05) is 19.4 Å². The Bertz CT molecular complexity index is 586. The third kappa shape index (κ3) is 3.44. The summed E-state index contributed by atoms with van der Waals surface area (Å²) < 4.78 is 5.94. The summed E-state index contributed by atoms with van der Waals surface area (Å²) in [5, 5.41) is 3.88. The number of hydrogen-bond donors (Lipinski definition) is 1. The maximum absolute atomic E-state index is 12.4. The molecule has 1 atom stereocenters. The maximum Gasteiger partial charge on any atom is 0.270 e. The molecule has 6 nitrogen and oxygen atoms in total. The zero-order valence-electron chi connectivity index (χ0n) is 12.3. The first-order chi connectivity index (χ1) is 10.7. The van der Waals surface area contributed by atoms with E-state index in [-0.39, 0.29) is 17.9 Å². The van der Waals surface area contributed by atoms with Gasteiger partial charge in [-0.15, -0.1) is 0 Å². The van der Waals surface area contributed by atoms with Crippen LogP contribution < -0.4 is 10.2 Å². The van der Waals surface area contributed by atoms with Gasteiger partial charge in [-0.3, -0.25) is 9.59 Å². The second kappa shape index (κ2) is 6.60. The van der Waals surface area contributed by atoms with E-state index in [9.17, 15) is 9.59 Å². The fourth-order valence-corrected chi connectivity index (χ4v) is 2.72. The van der Waals surface area contributed by atoms with E-state index in [0.29, 0.717) is 31.6 Å². The fraction of sp³-hybridized carbons (Fsp3) is 0.438. The minimum absolute atomic E-state index is 0.00104. The number of ether oxygens (including phenoxy) is 1. The van der Waals surface area contributed by atoms with Gasteiger partial charge in [0.1, 0.15) is 17.6 Å². The average molecular weight is 301 g/mol. The highest BCUT2D eigenvalue weighted by Crippen LogP contribution is 2.19. The number of carbonyl (C=O) groups excluding carboxylic acids is 2. The van der Waals surface area contributed by atoms with E-state index in [0.717, 1.165) is 18.6 Å². The van der Waals surface area contributed by atoms with Gasteiger partial charge in [0.15, 0.2) is 0 Å². The van der Waals surface area contributed by atoms with Gasteiger partial charge >= 0.3 is 0 Å². The summed E-state index contributed by atoms with van der Waals surface area (Å²) in [7, 11) is 0. The van der Waals surface area contributed by atoms with Crippen LogP contribution in [0.4, 0.5) is 0 Å². The molecule has 1 saturated heterocycles. The fourth-order valence-electron chi connectivity index (χ4n) is 2.72. The van der Waals surface area contributed by atoms with Crippen LogP contribution in [0, 0.1) is 0 Å². The normalized spacial score (nSPS) is 21.8. The summed E-state index contributed by atoms with van der Waals surface area (Å²) >= 11 is 0. The van der Waals surface area contributed by atoms with Crippen molar-refractivity contribution in [2.45, 2.75) is 31.8 Å². The summed E-state index contributed by atoms with van der Waals surface area (Å²) in [6.07, 6.45) is 2.57. The lowest BCUT2D eigenvalue weighted by Crippen LogP contribution is -2.48. The van der Waals surface area contributed by atoms with Crippen LogP contribution in [0.5, 0.6) is 5.75 Å². The van der Waals surface area contributed by atoms with E-state index in [2.05, 4.69) is 10.5 Å². The molecule has 2 aliphatic rings. The molecule has 22 heavy (non-hydrogen) atoms. The molecule has 6 heteroatoms. The predicted molar refractivity (Wildman–Crippen MR) is 81.5 cm³/mol. The van der Waals surface area contributed by atoms with Crippen LogP contribution in [0.3, 0.4) is 0 Å². The Morgan fingerprint density at radius 2 is 2.09 bits per heavy atom. The topological polar surface area (TPSA) is 71.0 Å². The number of hydrogen-bond acceptors (Lipinski definition) is 4. The molecule has 1 aromatic carbocycles. The van der Waals surface area contributed by atoms with Crippen molar-refractivity contribution in [2.24, 2.45) is 5.10 Å². The van der Waals surface area contributed by atoms with Crippen LogP contribution in [-0.4, -0.2) is 41.6 Å². The number of piperidine rings is 1. The summed E-state index contributed by atoms with van der Waals surface area (Å²) in [5.74, 6) is 0.589. The summed E-state index contributed by atoms with van der Waals surface area (Å²) in [5.41, 5.74) is 2.80. The molecule has 2 amide bonds. The first-order valence-corrected chi connectivity index (χ1v) is 7.59. The van der Waals surface area contributed by atoms with E-state index in [1.807, 2.05) is 30.3 Å². The van der Waals surface area contributed by atoms with Gasteiger partial charge < -0.3 is 9.64 Å². The summed E-state index contributed by atoms with van der Waals surface area (Å²) in [4.78, 5) is 25.3. The number of amides is 2. The molecular formula is C16H19N3O3. The maximum atomic E-state index is 12.4. The molecule has 0 bridgehead atoms. The second-order valence-electron chi connectivity index (χ2n) is 5.54. The Kier molecular flexibility index (Phi) is 4.37. The molecule has 1 aromatic rings. The number of likely N-dealkylation sites (tertiary alicyclic amines) is 1. The van der Waals surface area contributed by atoms with Crippen LogP contribution in [0.2, 0.25) is 0 Å². The Hall–Kier alpha value is -2.37. The first-order valence-electron chi connectivity index (χ1n) is 7.59. The van der Waals surface area contributed by atoms with Crippen molar-refractivity contribution >= 4 is 17.5 Å². The van der Waals surface area contributed by atoms with Crippen molar-refractivity contribution in [3.8, 4) is 5.75 Å². The van der Waals surface area contributed by atoms with Crippen LogP contribution in [0.15, 0.2) is 35.4 Å². The molecular weight excluding hydrogens is 282 g/mol. The van der Waals surface area contributed by atoms with Crippen molar-refractivity contribution < 1.29 is 14.3 Å². The summed E-state index contributed by atoms with van der Waals surface area (Å²) in [6, 6.07) is 9.64. The first kappa shape index (κ1) is 14.6. The molecule has 2 aliphatic heterocycles. The molecule has 0 aromatic heterocycles. The molecule has 0 saturated carbocycles. The molecule has 2 heterocycles. The Labute approximate surface area is 129 Å². The molecule has 1 unspecified atom stereocenters. The van der Waals surface area contributed by atoms with E-state index < -0.39 is 0 Å². The average Bonchev–Trinajstić information content (AvgIpc) is 2.56. The number of rotatable bonds is 3. The largest absolute Gasteiger partial charge is 0.489 e. The molecule has 3 rings (SSSR count). The van der Waals surface area contributed by atoms with E-state index in [1.165, 1.54) is 0 Å². The van der Waals surface area contributed by atoms with Crippen molar-refractivity contribution in [2.75, 3.05) is 13.1 Å². The van der Waals surface area contributed by atoms with E-state index in [4.69, 9.17) is 4.74 Å². The third-order valence-electron chi connectivity index (χ3n) is 3.86. The quantitative estimate of drug-likeness (QED) is 0.915. The van der Waals surface area contributed by atoms with Crippen molar-refractivity contribution in [1.82, 2.24) is 10.3 Å². The van der Waals surface area contributed by atoms with Gasteiger partial charge in [-0.05, 0) is 25.0 Å². The SMILES string of the molecule is O=C1CCC(C(=O)N2CCCC(Oc3ccccc3)C2)=NN1. The lowest BCUT2D eigenvalue weighted by Gasteiger charge is -2.33. The van der Waals surface area contributed by atoms with Gasteiger partial charge in [0.25, 0.3) is 5.91 Å². The van der Waals surface area contributed by atoms with Crippen LogP contribution in [0.1, 0.15) is 25.7 Å². The van der Waals surface area contributed by atoms with Crippen molar-refractivity contribution in [3.05, 3.63) is 30.3 Å². The zero-order chi connectivity index (χ0) is 15.4. The van der Waals surface area contributed by atoms with Gasteiger partial charge in [-0.2, -0.15) is 5.10 Å². The minimum Gasteiger partial charge on any atom is -0.489 e. The number of benzene rings is 1. The number of carbonyl (C=O) groups is 2. The third-order valence-corrected chi connectivity index (χ3v) is 3.86. The number of para-hydroxylation sites is 1. The Morgan fingerprint density at radius 3 is 2.82 bits per heavy atom. The lowest BCUT2D eigenvalue weighted by molar-refractivity contribution is -0.127.